The van der Waals surface area contributed by atoms with Gasteiger partial charge < -0.3 is 15.4 Å². The van der Waals surface area contributed by atoms with E-state index in [2.05, 4.69) is 52.8 Å². The van der Waals surface area contributed by atoms with Crippen molar-refractivity contribution in [3.05, 3.63) is 45.9 Å². The van der Waals surface area contributed by atoms with Crippen LogP contribution in [0.15, 0.2) is 34.6 Å². The van der Waals surface area contributed by atoms with Crippen LogP contribution in [-0.2, 0) is 6.54 Å². The molecule has 1 aromatic carbocycles. The van der Waals surface area contributed by atoms with Crippen LogP contribution >= 0.6 is 11.3 Å². The number of benzene rings is 1. The number of thiazole rings is 1. The first-order valence-corrected chi connectivity index (χ1v) is 9.04. The number of aromatic nitrogens is 1. The number of ether oxygens (including phenoxy) is 1. The Hall–Kier alpha value is -2.08. The highest BCUT2D eigenvalue weighted by Gasteiger charge is 2.06. The predicted octanol–water partition coefficient (Wildman–Crippen LogP) is 3.32. The summed E-state index contributed by atoms with van der Waals surface area (Å²) >= 11 is 1.68. The standard InChI is InChI=1S/C18H26N4OS/c1-13(2)16-12-24-17(22-16)11-21-18(19-4)20-8-9-23-15-7-5-6-14(3)10-15/h5-7,10,12-13H,8-9,11H2,1-4H3,(H2,19,20,21). The van der Waals surface area contributed by atoms with Crippen LogP contribution in [0.4, 0.5) is 0 Å². The van der Waals surface area contributed by atoms with E-state index in [1.165, 1.54) is 5.56 Å². The average Bonchev–Trinajstić information content (AvgIpc) is 3.03. The molecular weight excluding hydrogens is 320 g/mol. The quantitative estimate of drug-likeness (QED) is 0.459. The van der Waals surface area contributed by atoms with Gasteiger partial charge in [-0.2, -0.15) is 0 Å². The van der Waals surface area contributed by atoms with Crippen molar-refractivity contribution in [2.24, 2.45) is 4.99 Å². The summed E-state index contributed by atoms with van der Waals surface area (Å²) in [6, 6.07) is 8.05. The van der Waals surface area contributed by atoms with E-state index in [9.17, 15) is 0 Å². The first kappa shape index (κ1) is 18.3. The van der Waals surface area contributed by atoms with Gasteiger partial charge in [-0.25, -0.2) is 4.98 Å². The maximum absolute atomic E-state index is 5.72. The molecule has 0 aliphatic carbocycles. The van der Waals surface area contributed by atoms with Gasteiger partial charge in [-0.05, 0) is 30.5 Å². The smallest absolute Gasteiger partial charge is 0.191 e. The molecule has 0 spiro atoms. The molecule has 0 aliphatic heterocycles. The van der Waals surface area contributed by atoms with E-state index in [4.69, 9.17) is 4.74 Å². The lowest BCUT2D eigenvalue weighted by molar-refractivity contribution is 0.321. The molecular formula is C18H26N4OS. The van der Waals surface area contributed by atoms with Crippen molar-refractivity contribution in [1.82, 2.24) is 15.6 Å². The molecule has 0 saturated carbocycles. The molecule has 0 radical (unpaired) electrons. The Morgan fingerprint density at radius 1 is 1.33 bits per heavy atom. The van der Waals surface area contributed by atoms with Gasteiger partial charge in [-0.15, -0.1) is 11.3 Å². The fraction of sp³-hybridized carbons (Fsp3) is 0.444. The maximum atomic E-state index is 5.72. The normalized spacial score (nSPS) is 11.6. The van der Waals surface area contributed by atoms with Crippen LogP contribution in [0.2, 0.25) is 0 Å². The molecule has 5 nitrogen and oxygen atoms in total. The number of nitrogens with one attached hydrogen (secondary N) is 2. The highest BCUT2D eigenvalue weighted by molar-refractivity contribution is 7.09. The molecule has 1 aromatic heterocycles. The molecule has 0 amide bonds. The summed E-state index contributed by atoms with van der Waals surface area (Å²) in [6.45, 7) is 8.31. The van der Waals surface area contributed by atoms with Crippen molar-refractivity contribution in [3.8, 4) is 5.75 Å². The van der Waals surface area contributed by atoms with E-state index in [-0.39, 0.29) is 0 Å². The Labute approximate surface area is 148 Å². The largest absolute Gasteiger partial charge is 0.492 e. The maximum Gasteiger partial charge on any atom is 0.191 e. The van der Waals surface area contributed by atoms with Crippen molar-refractivity contribution in [2.45, 2.75) is 33.2 Å². The Kier molecular flexibility index (Phi) is 7.06. The second kappa shape index (κ2) is 9.27. The third-order valence-corrected chi connectivity index (χ3v) is 4.31. The van der Waals surface area contributed by atoms with Gasteiger partial charge in [0.1, 0.15) is 17.4 Å². The van der Waals surface area contributed by atoms with Crippen molar-refractivity contribution < 1.29 is 4.74 Å². The van der Waals surface area contributed by atoms with Crippen LogP contribution in [0.5, 0.6) is 5.75 Å². The third kappa shape index (κ3) is 5.85. The molecule has 0 unspecified atom stereocenters. The monoisotopic (exact) mass is 346 g/mol. The van der Waals surface area contributed by atoms with Crippen LogP contribution < -0.4 is 15.4 Å². The lowest BCUT2D eigenvalue weighted by Crippen LogP contribution is -2.38. The molecule has 130 valence electrons. The molecule has 2 N–H and O–H groups in total. The summed E-state index contributed by atoms with van der Waals surface area (Å²) < 4.78 is 5.72. The number of hydrogen-bond acceptors (Lipinski definition) is 4. The van der Waals surface area contributed by atoms with Gasteiger partial charge in [0.15, 0.2) is 5.96 Å². The zero-order valence-corrected chi connectivity index (χ0v) is 15.6. The van der Waals surface area contributed by atoms with Crippen molar-refractivity contribution >= 4 is 17.3 Å². The second-order valence-corrected chi connectivity index (χ2v) is 6.78. The molecule has 0 fully saturated rings. The fourth-order valence-corrected chi connectivity index (χ4v) is 2.99. The number of nitrogens with zero attached hydrogens (tertiary/aromatic N) is 2. The molecule has 2 aromatic rings. The lowest BCUT2D eigenvalue weighted by atomic mass is 10.2. The van der Waals surface area contributed by atoms with Gasteiger partial charge in [-0.1, -0.05) is 26.0 Å². The molecule has 0 atom stereocenters. The molecule has 2 rings (SSSR count). The van der Waals surface area contributed by atoms with Gasteiger partial charge in [0, 0.05) is 12.4 Å². The number of rotatable bonds is 7. The minimum absolute atomic E-state index is 0.464. The summed E-state index contributed by atoms with van der Waals surface area (Å²) in [7, 11) is 1.76. The summed E-state index contributed by atoms with van der Waals surface area (Å²) in [6.07, 6.45) is 0. The Morgan fingerprint density at radius 3 is 2.83 bits per heavy atom. The lowest BCUT2D eigenvalue weighted by Gasteiger charge is -2.12. The van der Waals surface area contributed by atoms with E-state index >= 15 is 0 Å². The van der Waals surface area contributed by atoms with E-state index < -0.39 is 0 Å². The van der Waals surface area contributed by atoms with Crippen LogP contribution in [0.25, 0.3) is 0 Å². The number of hydrogen-bond donors (Lipinski definition) is 2. The first-order valence-electron chi connectivity index (χ1n) is 8.16. The van der Waals surface area contributed by atoms with Crippen LogP contribution in [-0.4, -0.2) is 31.1 Å². The highest BCUT2D eigenvalue weighted by atomic mass is 32.1. The molecule has 24 heavy (non-hydrogen) atoms. The number of aryl methyl sites for hydroxylation is 1. The van der Waals surface area contributed by atoms with Crippen molar-refractivity contribution in [2.75, 3.05) is 20.2 Å². The van der Waals surface area contributed by atoms with Crippen molar-refractivity contribution in [3.63, 3.8) is 0 Å². The van der Waals surface area contributed by atoms with Gasteiger partial charge >= 0.3 is 0 Å². The number of guanidine groups is 1. The zero-order valence-electron chi connectivity index (χ0n) is 14.8. The van der Waals surface area contributed by atoms with Crippen LogP contribution in [0, 0.1) is 6.92 Å². The summed E-state index contributed by atoms with van der Waals surface area (Å²) in [5.41, 5.74) is 2.34. The average molecular weight is 347 g/mol. The van der Waals surface area contributed by atoms with E-state index in [1.54, 1.807) is 18.4 Å². The summed E-state index contributed by atoms with van der Waals surface area (Å²) in [4.78, 5) is 8.83. The summed E-state index contributed by atoms with van der Waals surface area (Å²) in [5.74, 6) is 2.11. The van der Waals surface area contributed by atoms with Gasteiger partial charge in [0.2, 0.25) is 0 Å². The third-order valence-electron chi connectivity index (χ3n) is 3.44. The minimum atomic E-state index is 0.464. The van der Waals surface area contributed by atoms with Gasteiger partial charge in [-0.3, -0.25) is 4.99 Å². The van der Waals surface area contributed by atoms with Crippen LogP contribution in [0.1, 0.15) is 36.0 Å². The minimum Gasteiger partial charge on any atom is -0.492 e. The molecule has 0 saturated heterocycles. The number of aliphatic imine (C=N–C) groups is 1. The Bertz CT molecular complexity index is 667. The molecule has 0 aliphatic rings. The molecule has 1 heterocycles. The van der Waals surface area contributed by atoms with E-state index in [1.807, 2.05) is 18.2 Å². The Balaban J connectivity index is 1.70. The van der Waals surface area contributed by atoms with E-state index in [0.29, 0.717) is 25.6 Å². The van der Waals surface area contributed by atoms with E-state index in [0.717, 1.165) is 22.4 Å². The van der Waals surface area contributed by atoms with Crippen LogP contribution in [0.3, 0.4) is 0 Å². The summed E-state index contributed by atoms with van der Waals surface area (Å²) in [5, 5.41) is 9.71. The van der Waals surface area contributed by atoms with Gasteiger partial charge in [0.25, 0.3) is 0 Å². The fourth-order valence-electron chi connectivity index (χ4n) is 2.09. The topological polar surface area (TPSA) is 58.5 Å². The SMILES string of the molecule is CN=C(NCCOc1cccc(C)c1)NCc1nc(C(C)C)cs1. The molecule has 0 bridgehead atoms. The van der Waals surface area contributed by atoms with Crippen molar-refractivity contribution in [1.29, 1.82) is 0 Å². The van der Waals surface area contributed by atoms with Gasteiger partial charge in [0.05, 0.1) is 18.8 Å². The molecule has 6 heteroatoms. The predicted molar refractivity (Wildman–Crippen MR) is 101 cm³/mol. The second-order valence-electron chi connectivity index (χ2n) is 5.84. The Morgan fingerprint density at radius 2 is 2.17 bits per heavy atom. The highest BCUT2D eigenvalue weighted by Crippen LogP contribution is 2.17. The zero-order chi connectivity index (χ0) is 17.4. The first-order chi connectivity index (χ1) is 11.6.